The first-order valence-electron chi connectivity index (χ1n) is 15.0. The Balaban J connectivity index is 1.42. The Morgan fingerprint density at radius 1 is 0.956 bits per heavy atom. The van der Waals surface area contributed by atoms with Crippen LogP contribution in [0.25, 0.3) is 55.1 Å². The van der Waals surface area contributed by atoms with E-state index in [0.717, 1.165) is 81.3 Å². The molecule has 2 fully saturated rings. The topological polar surface area (TPSA) is 135 Å². The smallest absolute Gasteiger partial charge is 0.324 e. The molecule has 3 aromatic carbocycles. The summed E-state index contributed by atoms with van der Waals surface area (Å²) in [6.07, 6.45) is -0.100. The number of methoxy groups -OCH3 is 1. The number of aromatic amines is 1. The van der Waals surface area contributed by atoms with Crippen molar-refractivity contribution in [3.05, 3.63) is 65.8 Å². The number of ether oxygens (including phenoxy) is 2. The van der Waals surface area contributed by atoms with Crippen LogP contribution in [-0.4, -0.2) is 65.3 Å². The largest absolute Gasteiger partial charge is 0.496 e. The van der Waals surface area contributed by atoms with Gasteiger partial charge in [-0.05, 0) is 37.4 Å². The summed E-state index contributed by atoms with van der Waals surface area (Å²) in [4.78, 5) is 40.5. The zero-order valence-electron chi connectivity index (χ0n) is 25.1. The van der Waals surface area contributed by atoms with E-state index in [2.05, 4.69) is 44.6 Å². The number of aryl methyl sites for hydroxylation is 2. The molecule has 226 valence electrons. The van der Waals surface area contributed by atoms with E-state index in [-0.39, 0.29) is 12.2 Å². The lowest BCUT2D eigenvalue weighted by molar-refractivity contribution is -0.152. The number of fused-ring (bicyclic) bond motifs is 4. The minimum atomic E-state index is -0.883. The number of hydrogen-bond donors (Lipinski definition) is 2. The monoisotopic (exact) mass is 602 g/mol. The van der Waals surface area contributed by atoms with Gasteiger partial charge in [-0.25, -0.2) is 9.97 Å². The van der Waals surface area contributed by atoms with Crippen LogP contribution in [0, 0.1) is 13.8 Å². The molecule has 11 heteroatoms. The summed E-state index contributed by atoms with van der Waals surface area (Å²) in [5, 5.41) is 11.4. The first-order chi connectivity index (χ1) is 21.9. The molecular formula is C34H30N6O5. The Morgan fingerprint density at radius 2 is 1.76 bits per heavy atom. The van der Waals surface area contributed by atoms with Crippen molar-refractivity contribution >= 4 is 50.3 Å². The highest BCUT2D eigenvalue weighted by Crippen LogP contribution is 2.44. The van der Waals surface area contributed by atoms with Crippen molar-refractivity contribution in [1.82, 2.24) is 25.4 Å². The van der Waals surface area contributed by atoms with Crippen LogP contribution in [0.4, 0.5) is 5.69 Å². The molecule has 0 spiro atoms. The Kier molecular flexibility index (Phi) is 6.31. The molecule has 0 bridgehead atoms. The average Bonchev–Trinajstić information content (AvgIpc) is 3.71. The summed E-state index contributed by atoms with van der Waals surface area (Å²) in [5.74, 6) is -0.519. The molecule has 5 heterocycles. The van der Waals surface area contributed by atoms with Gasteiger partial charge in [-0.1, -0.05) is 35.5 Å². The van der Waals surface area contributed by atoms with Gasteiger partial charge < -0.3 is 29.2 Å². The molecule has 6 aromatic rings. The molecule has 11 nitrogen and oxygen atoms in total. The lowest BCUT2D eigenvalue weighted by atomic mass is 9.96. The van der Waals surface area contributed by atoms with E-state index in [1.807, 2.05) is 38.1 Å². The number of esters is 2. The summed E-state index contributed by atoms with van der Waals surface area (Å²) < 4.78 is 16.3. The number of aromatic nitrogens is 4. The van der Waals surface area contributed by atoms with Gasteiger partial charge in [0.2, 0.25) is 0 Å². The Bertz CT molecular complexity index is 2160. The first kappa shape index (κ1) is 27.3. The zero-order valence-corrected chi connectivity index (χ0v) is 25.1. The van der Waals surface area contributed by atoms with Crippen LogP contribution in [0.5, 0.6) is 5.75 Å². The summed E-state index contributed by atoms with van der Waals surface area (Å²) in [7, 11) is 1.64. The third-order valence-corrected chi connectivity index (χ3v) is 8.89. The van der Waals surface area contributed by atoms with E-state index in [0.29, 0.717) is 22.9 Å². The van der Waals surface area contributed by atoms with Crippen LogP contribution >= 0.6 is 0 Å². The molecule has 0 aliphatic carbocycles. The lowest BCUT2D eigenvalue weighted by Crippen LogP contribution is -2.43. The summed E-state index contributed by atoms with van der Waals surface area (Å²) in [5.41, 5.74) is 6.51. The van der Waals surface area contributed by atoms with Crippen LogP contribution in [0.15, 0.2) is 53.1 Å². The maximum Gasteiger partial charge on any atom is 0.324 e. The van der Waals surface area contributed by atoms with Crippen molar-refractivity contribution in [3.63, 3.8) is 0 Å². The second kappa shape index (κ2) is 10.4. The van der Waals surface area contributed by atoms with Crippen LogP contribution in [0.1, 0.15) is 29.6 Å². The molecule has 2 aliphatic heterocycles. The fraction of sp³-hybridized carbons (Fsp3) is 0.265. The van der Waals surface area contributed by atoms with Gasteiger partial charge in [0.1, 0.15) is 28.9 Å². The fourth-order valence-corrected chi connectivity index (χ4v) is 6.77. The third kappa shape index (κ3) is 4.33. The number of carbonyl (C=O) groups excluding carboxylic acids is 2. The van der Waals surface area contributed by atoms with Gasteiger partial charge in [-0.3, -0.25) is 9.59 Å². The Hall–Kier alpha value is -5.29. The van der Waals surface area contributed by atoms with Gasteiger partial charge in [-0.15, -0.1) is 0 Å². The number of nitrogens with zero attached hydrogens (tertiary/aromatic N) is 4. The summed E-state index contributed by atoms with van der Waals surface area (Å²) in [6, 6.07) is 16.5. The molecular weight excluding hydrogens is 572 g/mol. The number of H-pyrrole nitrogens is 1. The minimum absolute atomic E-state index is 0.100. The number of rotatable bonds is 5. The van der Waals surface area contributed by atoms with E-state index in [4.69, 9.17) is 24.0 Å². The van der Waals surface area contributed by atoms with Crippen LogP contribution in [0.3, 0.4) is 0 Å². The van der Waals surface area contributed by atoms with Crippen LogP contribution in [-0.2, 0) is 14.3 Å². The van der Waals surface area contributed by atoms with Crippen molar-refractivity contribution in [2.75, 3.05) is 38.2 Å². The predicted molar refractivity (Wildman–Crippen MR) is 169 cm³/mol. The highest BCUT2D eigenvalue weighted by atomic mass is 16.6. The molecule has 1 unspecified atom stereocenters. The van der Waals surface area contributed by atoms with Gasteiger partial charge >= 0.3 is 11.9 Å². The number of nitrogens with one attached hydrogen (secondary N) is 2. The second-order valence-corrected chi connectivity index (χ2v) is 11.5. The van der Waals surface area contributed by atoms with Crippen LogP contribution in [0.2, 0.25) is 0 Å². The molecule has 8 rings (SSSR count). The van der Waals surface area contributed by atoms with E-state index in [1.54, 1.807) is 7.11 Å². The van der Waals surface area contributed by atoms with E-state index in [1.165, 1.54) is 0 Å². The van der Waals surface area contributed by atoms with Crippen molar-refractivity contribution in [1.29, 1.82) is 0 Å². The summed E-state index contributed by atoms with van der Waals surface area (Å²) >= 11 is 0. The zero-order chi connectivity index (χ0) is 30.8. The number of benzene rings is 3. The van der Waals surface area contributed by atoms with Gasteiger partial charge in [0.05, 0.1) is 35.9 Å². The van der Waals surface area contributed by atoms with E-state index in [9.17, 15) is 9.59 Å². The molecule has 2 saturated heterocycles. The number of piperazine rings is 1. The predicted octanol–water partition coefficient (Wildman–Crippen LogP) is 5.18. The normalized spacial score (nSPS) is 17.1. The van der Waals surface area contributed by atoms with Gasteiger partial charge in [-0.2, -0.15) is 0 Å². The molecule has 0 amide bonds. The maximum atomic E-state index is 12.7. The van der Waals surface area contributed by atoms with E-state index < -0.39 is 17.9 Å². The highest BCUT2D eigenvalue weighted by molar-refractivity contribution is 6.17. The fourth-order valence-electron chi connectivity index (χ4n) is 6.77. The number of anilines is 1. The second-order valence-electron chi connectivity index (χ2n) is 11.5. The Labute approximate surface area is 257 Å². The molecule has 45 heavy (non-hydrogen) atoms. The number of cyclic esters (lactones) is 2. The maximum absolute atomic E-state index is 12.7. The highest BCUT2D eigenvalue weighted by Gasteiger charge is 2.38. The molecule has 2 aliphatic rings. The molecule has 0 saturated carbocycles. The average molecular weight is 603 g/mol. The van der Waals surface area contributed by atoms with Gasteiger partial charge in [0, 0.05) is 59.3 Å². The molecule has 2 N–H and O–H groups in total. The van der Waals surface area contributed by atoms with Gasteiger partial charge in [0.25, 0.3) is 0 Å². The molecule has 3 aromatic heterocycles. The molecule has 1 atom stereocenters. The standard InChI is InChI=1S/C34H30N6O5/c1-17-29(18(2)45-39-17)23-14-25-22(15-27(23)43-3)30-31(37-32(38-33(30)36-25)24-16-28(41)44-34(24)42)21-8-9-26(40-12-10-35-11-13-40)20-7-5-4-6-19(20)21/h4-9,14-15,24,35H,10-13,16H2,1-3H3,(H,36,37,38). The quantitative estimate of drug-likeness (QED) is 0.201. The first-order valence-corrected chi connectivity index (χ1v) is 15.0. The van der Waals surface area contributed by atoms with Gasteiger partial charge in [0.15, 0.2) is 0 Å². The van der Waals surface area contributed by atoms with E-state index >= 15 is 0 Å². The minimum Gasteiger partial charge on any atom is -0.496 e. The Morgan fingerprint density at radius 3 is 2.47 bits per heavy atom. The SMILES string of the molecule is COc1cc2c(cc1-c1c(C)noc1C)[nH]c1nc(C3CC(=O)OC3=O)nc(-c3ccc(N4CCNCC4)c4ccccc34)c12. The number of carbonyl (C=O) groups is 2. The van der Waals surface area contributed by atoms with Crippen molar-refractivity contribution in [3.8, 4) is 28.1 Å². The number of hydrogen-bond acceptors (Lipinski definition) is 10. The van der Waals surface area contributed by atoms with Crippen LogP contribution < -0.4 is 15.0 Å². The molecule has 0 radical (unpaired) electrons. The summed E-state index contributed by atoms with van der Waals surface area (Å²) in [6.45, 7) is 7.45. The third-order valence-electron chi connectivity index (χ3n) is 8.89. The van der Waals surface area contributed by atoms with Crippen molar-refractivity contribution < 1.29 is 23.6 Å². The van der Waals surface area contributed by atoms with Crippen molar-refractivity contribution in [2.24, 2.45) is 0 Å². The van der Waals surface area contributed by atoms with Crippen molar-refractivity contribution in [2.45, 2.75) is 26.2 Å². The lowest BCUT2D eigenvalue weighted by Gasteiger charge is -2.30.